The van der Waals surface area contributed by atoms with Gasteiger partial charge in [0.15, 0.2) is 0 Å². The monoisotopic (exact) mass is 293 g/mol. The number of rotatable bonds is 4. The zero-order valence-electron chi connectivity index (χ0n) is 13.0. The van der Waals surface area contributed by atoms with E-state index < -0.39 is 0 Å². The van der Waals surface area contributed by atoms with Gasteiger partial charge in [-0.15, -0.1) is 0 Å². The maximum Gasteiger partial charge on any atom is 0.142 e. The van der Waals surface area contributed by atoms with Gasteiger partial charge in [-0.1, -0.05) is 18.2 Å². The molecule has 1 aromatic heterocycles. The van der Waals surface area contributed by atoms with E-state index in [2.05, 4.69) is 28.5 Å². The number of anilines is 3. The zero-order chi connectivity index (χ0) is 15.5. The Morgan fingerprint density at radius 3 is 2.64 bits per heavy atom. The van der Waals surface area contributed by atoms with Gasteiger partial charge in [0, 0.05) is 31.4 Å². The zero-order valence-corrected chi connectivity index (χ0v) is 13.0. The average Bonchev–Trinajstić information content (AvgIpc) is 2.54. The third kappa shape index (κ3) is 2.68. The van der Waals surface area contributed by atoms with Crippen molar-refractivity contribution in [3.63, 3.8) is 0 Å². The Hall–Kier alpha value is -2.75. The van der Waals surface area contributed by atoms with E-state index in [0.717, 1.165) is 28.3 Å². The molecule has 0 radical (unpaired) electrons. The van der Waals surface area contributed by atoms with Gasteiger partial charge >= 0.3 is 0 Å². The number of ether oxygens (including phenoxy) is 1. The third-order valence-corrected chi connectivity index (χ3v) is 3.55. The summed E-state index contributed by atoms with van der Waals surface area (Å²) in [5, 5.41) is 5.70. The minimum Gasteiger partial charge on any atom is -0.495 e. The van der Waals surface area contributed by atoms with Crippen molar-refractivity contribution in [3.8, 4) is 5.75 Å². The second kappa shape index (κ2) is 5.93. The summed E-state index contributed by atoms with van der Waals surface area (Å²) < 4.78 is 5.38. The van der Waals surface area contributed by atoms with E-state index in [1.165, 1.54) is 5.39 Å². The molecule has 1 N–H and O–H groups in total. The Balaban J connectivity index is 2.03. The van der Waals surface area contributed by atoms with Crippen molar-refractivity contribution in [1.29, 1.82) is 0 Å². The summed E-state index contributed by atoms with van der Waals surface area (Å²) in [5.74, 6) is 1.78. The average molecular weight is 293 g/mol. The summed E-state index contributed by atoms with van der Waals surface area (Å²) in [5.41, 5.74) is 1.95. The van der Waals surface area contributed by atoms with Crippen molar-refractivity contribution in [2.45, 2.75) is 0 Å². The molecule has 0 atom stereocenters. The lowest BCUT2D eigenvalue weighted by Crippen LogP contribution is -2.10. The Morgan fingerprint density at radius 1 is 1.05 bits per heavy atom. The highest BCUT2D eigenvalue weighted by molar-refractivity contribution is 5.94. The summed E-state index contributed by atoms with van der Waals surface area (Å²) in [7, 11) is 5.68. The molecule has 0 aliphatic carbocycles. The maximum atomic E-state index is 5.38. The molecule has 3 aromatic rings. The van der Waals surface area contributed by atoms with Crippen LogP contribution in [-0.2, 0) is 0 Å². The molecule has 2 aromatic carbocycles. The first kappa shape index (κ1) is 14.2. The molecule has 4 heteroatoms. The number of methoxy groups -OCH3 is 1. The molecule has 112 valence electrons. The summed E-state index contributed by atoms with van der Waals surface area (Å²) in [6.45, 7) is 0. The fourth-order valence-electron chi connectivity index (χ4n) is 2.49. The quantitative estimate of drug-likeness (QED) is 0.787. The van der Waals surface area contributed by atoms with Crippen molar-refractivity contribution in [3.05, 3.63) is 54.7 Å². The molecule has 0 saturated carbocycles. The fraction of sp³-hybridized carbons (Fsp3) is 0.167. The predicted molar refractivity (Wildman–Crippen MR) is 92.3 cm³/mol. The van der Waals surface area contributed by atoms with Crippen molar-refractivity contribution < 1.29 is 4.74 Å². The molecular weight excluding hydrogens is 274 g/mol. The Kier molecular flexibility index (Phi) is 3.83. The number of aromatic nitrogens is 1. The van der Waals surface area contributed by atoms with Gasteiger partial charge in [-0.2, -0.15) is 0 Å². The minimum absolute atomic E-state index is 0.821. The number of benzene rings is 2. The molecule has 1 heterocycles. The number of para-hydroxylation sites is 2. The van der Waals surface area contributed by atoms with Gasteiger partial charge in [-0.25, -0.2) is 4.98 Å². The molecule has 0 bridgehead atoms. The number of nitrogens with zero attached hydrogens (tertiary/aromatic N) is 2. The molecule has 22 heavy (non-hydrogen) atoms. The number of nitrogens with one attached hydrogen (secondary N) is 1. The predicted octanol–water partition coefficient (Wildman–Crippen LogP) is 4.05. The number of pyridine rings is 1. The van der Waals surface area contributed by atoms with Gasteiger partial charge in [-0.3, -0.25) is 0 Å². The van der Waals surface area contributed by atoms with Crippen LogP contribution in [0.5, 0.6) is 5.75 Å². The van der Waals surface area contributed by atoms with Crippen LogP contribution in [0, 0.1) is 0 Å². The van der Waals surface area contributed by atoms with Crippen molar-refractivity contribution >= 4 is 28.0 Å². The second-order valence-corrected chi connectivity index (χ2v) is 5.29. The SMILES string of the molecule is COc1ccccc1Nc1ccc2ccnc(N(C)C)c2c1. The van der Waals surface area contributed by atoms with Gasteiger partial charge in [0.1, 0.15) is 11.6 Å². The Bertz CT molecular complexity index is 799. The molecular formula is C18H19N3O. The molecule has 3 rings (SSSR count). The Labute approximate surface area is 130 Å². The highest BCUT2D eigenvalue weighted by Crippen LogP contribution is 2.30. The number of hydrogen-bond acceptors (Lipinski definition) is 4. The normalized spacial score (nSPS) is 10.5. The van der Waals surface area contributed by atoms with E-state index in [9.17, 15) is 0 Å². The highest BCUT2D eigenvalue weighted by Gasteiger charge is 2.07. The van der Waals surface area contributed by atoms with E-state index in [1.807, 2.05) is 55.5 Å². The highest BCUT2D eigenvalue weighted by atomic mass is 16.5. The molecule has 0 aliphatic heterocycles. The van der Waals surface area contributed by atoms with Crippen LogP contribution in [0.2, 0.25) is 0 Å². The molecule has 0 saturated heterocycles. The van der Waals surface area contributed by atoms with Gasteiger partial charge in [0.05, 0.1) is 12.8 Å². The van der Waals surface area contributed by atoms with E-state index >= 15 is 0 Å². The summed E-state index contributed by atoms with van der Waals surface area (Å²) in [4.78, 5) is 6.48. The van der Waals surface area contributed by atoms with E-state index in [1.54, 1.807) is 7.11 Å². The summed E-state index contributed by atoms with van der Waals surface area (Å²) >= 11 is 0. The van der Waals surface area contributed by atoms with Gasteiger partial charge in [-0.05, 0) is 35.7 Å². The molecule has 0 spiro atoms. The first-order valence-electron chi connectivity index (χ1n) is 7.15. The van der Waals surface area contributed by atoms with Crippen molar-refractivity contribution in [2.24, 2.45) is 0 Å². The first-order valence-corrected chi connectivity index (χ1v) is 7.15. The molecule has 0 fully saturated rings. The largest absolute Gasteiger partial charge is 0.495 e. The van der Waals surface area contributed by atoms with E-state index in [0.29, 0.717) is 0 Å². The fourth-order valence-corrected chi connectivity index (χ4v) is 2.49. The lowest BCUT2D eigenvalue weighted by Gasteiger charge is -2.16. The van der Waals surface area contributed by atoms with Crippen LogP contribution in [0.25, 0.3) is 10.8 Å². The molecule has 0 aliphatic rings. The summed E-state index contributed by atoms with van der Waals surface area (Å²) in [6, 6.07) is 16.2. The second-order valence-electron chi connectivity index (χ2n) is 5.29. The molecule has 0 amide bonds. The molecule has 0 unspecified atom stereocenters. The molecule has 4 nitrogen and oxygen atoms in total. The van der Waals surface area contributed by atoms with Crippen molar-refractivity contribution in [1.82, 2.24) is 4.98 Å². The van der Waals surface area contributed by atoms with E-state index in [-0.39, 0.29) is 0 Å². The third-order valence-electron chi connectivity index (χ3n) is 3.55. The standard InChI is InChI=1S/C18H19N3O/c1-21(2)18-15-12-14(9-8-13(15)10-11-19-18)20-16-6-4-5-7-17(16)22-3/h4-12,20H,1-3H3. The lowest BCUT2D eigenvalue weighted by atomic mass is 10.1. The Morgan fingerprint density at radius 2 is 1.86 bits per heavy atom. The van der Waals surface area contributed by atoms with Gasteiger partial charge < -0.3 is 15.0 Å². The van der Waals surface area contributed by atoms with Gasteiger partial charge in [0.25, 0.3) is 0 Å². The number of fused-ring (bicyclic) bond motifs is 1. The van der Waals surface area contributed by atoms with Crippen LogP contribution in [0.1, 0.15) is 0 Å². The minimum atomic E-state index is 0.821. The van der Waals surface area contributed by atoms with Crippen LogP contribution in [0.15, 0.2) is 54.7 Å². The van der Waals surface area contributed by atoms with Gasteiger partial charge in [0.2, 0.25) is 0 Å². The van der Waals surface area contributed by atoms with E-state index in [4.69, 9.17) is 4.74 Å². The first-order chi connectivity index (χ1) is 10.7. The maximum absolute atomic E-state index is 5.38. The smallest absolute Gasteiger partial charge is 0.142 e. The topological polar surface area (TPSA) is 37.4 Å². The summed E-state index contributed by atoms with van der Waals surface area (Å²) in [6.07, 6.45) is 1.84. The van der Waals surface area contributed by atoms with Crippen LogP contribution in [0.4, 0.5) is 17.2 Å². The van der Waals surface area contributed by atoms with Crippen LogP contribution < -0.4 is 15.0 Å². The van der Waals surface area contributed by atoms with Crippen LogP contribution >= 0.6 is 0 Å². The van der Waals surface area contributed by atoms with Crippen molar-refractivity contribution in [2.75, 3.05) is 31.4 Å². The van der Waals surface area contributed by atoms with Crippen LogP contribution in [0.3, 0.4) is 0 Å². The lowest BCUT2D eigenvalue weighted by molar-refractivity contribution is 0.417. The van der Waals surface area contributed by atoms with Crippen LogP contribution in [-0.4, -0.2) is 26.2 Å². The number of hydrogen-bond donors (Lipinski definition) is 1.